The summed E-state index contributed by atoms with van der Waals surface area (Å²) in [6.45, 7) is 0. The maximum atomic E-state index is 11.1. The van der Waals surface area contributed by atoms with Crippen molar-refractivity contribution in [1.82, 2.24) is 0 Å². The number of halogens is 1. The van der Waals surface area contributed by atoms with Crippen molar-refractivity contribution in [1.29, 1.82) is 5.26 Å². The first-order valence-electron chi connectivity index (χ1n) is 3.52. The smallest absolute Gasteiger partial charge is 0.265 e. The van der Waals surface area contributed by atoms with Crippen molar-refractivity contribution in [2.24, 2.45) is 0 Å². The van der Waals surface area contributed by atoms with E-state index in [4.69, 9.17) is 20.7 Å². The molecule has 0 saturated carbocycles. The van der Waals surface area contributed by atoms with Gasteiger partial charge in [-0.1, -0.05) is 6.07 Å². The molecule has 4 nitrogen and oxygen atoms in total. The van der Waals surface area contributed by atoms with Crippen LogP contribution in [0.4, 0.5) is 0 Å². The van der Waals surface area contributed by atoms with Crippen LogP contribution in [0.1, 0.15) is 5.56 Å². The molecule has 0 radical (unpaired) electrons. The van der Waals surface area contributed by atoms with Crippen LogP contribution in [0.15, 0.2) is 23.1 Å². The topological polar surface area (TPSA) is 67.2 Å². The summed E-state index contributed by atoms with van der Waals surface area (Å²) in [7, 11) is 2.55. The van der Waals surface area contributed by atoms with E-state index in [1.807, 2.05) is 6.07 Å². The molecule has 0 saturated heterocycles. The van der Waals surface area contributed by atoms with Crippen molar-refractivity contribution in [3.63, 3.8) is 0 Å². The van der Waals surface area contributed by atoms with Crippen molar-refractivity contribution in [3.05, 3.63) is 23.8 Å². The fraction of sp³-hybridized carbons (Fsp3) is 0.125. The fourth-order valence-corrected chi connectivity index (χ4v) is 2.03. The average molecular weight is 232 g/mol. The van der Waals surface area contributed by atoms with Crippen LogP contribution in [0.25, 0.3) is 0 Å². The molecule has 0 fully saturated rings. The molecule has 6 heteroatoms. The van der Waals surface area contributed by atoms with E-state index in [9.17, 15) is 8.42 Å². The van der Waals surface area contributed by atoms with Crippen molar-refractivity contribution >= 4 is 19.7 Å². The average Bonchev–Trinajstić information content (AvgIpc) is 2.15. The number of hydrogen-bond acceptors (Lipinski definition) is 4. The van der Waals surface area contributed by atoms with Gasteiger partial charge in [-0.25, -0.2) is 8.42 Å². The lowest BCUT2D eigenvalue weighted by atomic mass is 10.2. The largest absolute Gasteiger partial charge is 0.494 e. The molecule has 0 aliphatic heterocycles. The minimum atomic E-state index is -3.88. The molecule has 0 aliphatic rings. The second kappa shape index (κ2) is 3.86. The molecule has 74 valence electrons. The lowest BCUT2D eigenvalue weighted by Gasteiger charge is -2.06. The van der Waals surface area contributed by atoms with E-state index >= 15 is 0 Å². The van der Waals surface area contributed by atoms with Crippen LogP contribution in [-0.4, -0.2) is 15.5 Å². The third-order valence-electron chi connectivity index (χ3n) is 1.57. The van der Waals surface area contributed by atoms with Crippen molar-refractivity contribution < 1.29 is 13.2 Å². The highest BCUT2D eigenvalue weighted by Gasteiger charge is 2.18. The zero-order valence-corrected chi connectivity index (χ0v) is 8.76. The van der Waals surface area contributed by atoms with Crippen LogP contribution in [0.2, 0.25) is 0 Å². The Morgan fingerprint density at radius 3 is 2.57 bits per heavy atom. The molecule has 0 unspecified atom stereocenters. The summed E-state index contributed by atoms with van der Waals surface area (Å²) < 4.78 is 26.9. The summed E-state index contributed by atoms with van der Waals surface area (Å²) in [5, 5.41) is 8.67. The lowest BCUT2D eigenvalue weighted by Crippen LogP contribution is -1.98. The molecule has 0 amide bonds. The Kier molecular flexibility index (Phi) is 2.99. The number of nitrogens with zero attached hydrogens (tertiary/aromatic N) is 1. The highest BCUT2D eigenvalue weighted by Crippen LogP contribution is 2.29. The zero-order valence-electron chi connectivity index (χ0n) is 7.19. The van der Waals surface area contributed by atoms with Gasteiger partial charge >= 0.3 is 0 Å². The summed E-state index contributed by atoms with van der Waals surface area (Å²) in [6, 6.07) is 5.97. The normalized spacial score (nSPS) is 10.6. The Morgan fingerprint density at radius 1 is 1.50 bits per heavy atom. The van der Waals surface area contributed by atoms with Crippen LogP contribution in [0.3, 0.4) is 0 Å². The van der Waals surface area contributed by atoms with E-state index in [2.05, 4.69) is 0 Å². The third-order valence-corrected chi connectivity index (χ3v) is 2.91. The number of methoxy groups -OCH3 is 1. The highest BCUT2D eigenvalue weighted by molar-refractivity contribution is 8.13. The first kappa shape index (κ1) is 10.8. The summed E-state index contributed by atoms with van der Waals surface area (Å²) in [6.07, 6.45) is 0. The van der Waals surface area contributed by atoms with Crippen molar-refractivity contribution in [2.45, 2.75) is 4.90 Å². The molecule has 0 spiro atoms. The molecule has 1 rings (SSSR count). The molecule has 0 atom stereocenters. The van der Waals surface area contributed by atoms with Crippen LogP contribution >= 0.6 is 10.7 Å². The van der Waals surface area contributed by atoms with Gasteiger partial charge in [0.15, 0.2) is 5.75 Å². The van der Waals surface area contributed by atoms with Gasteiger partial charge in [-0.05, 0) is 12.1 Å². The summed E-state index contributed by atoms with van der Waals surface area (Å²) in [5.41, 5.74) is 0.134. The predicted octanol–water partition coefficient (Wildman–Crippen LogP) is 1.49. The molecule has 0 heterocycles. The van der Waals surface area contributed by atoms with Crippen molar-refractivity contribution in [3.8, 4) is 11.8 Å². The van der Waals surface area contributed by atoms with E-state index in [1.165, 1.54) is 25.3 Å². The molecular weight excluding hydrogens is 226 g/mol. The lowest BCUT2D eigenvalue weighted by molar-refractivity contribution is 0.402. The van der Waals surface area contributed by atoms with E-state index < -0.39 is 9.05 Å². The zero-order chi connectivity index (χ0) is 10.8. The van der Waals surface area contributed by atoms with Gasteiger partial charge < -0.3 is 4.74 Å². The van der Waals surface area contributed by atoms with Crippen LogP contribution in [0.5, 0.6) is 5.75 Å². The number of benzene rings is 1. The van der Waals surface area contributed by atoms with Gasteiger partial charge in [0.25, 0.3) is 9.05 Å². The monoisotopic (exact) mass is 231 g/mol. The Labute approximate surface area is 86.1 Å². The molecule has 0 aromatic heterocycles. The van der Waals surface area contributed by atoms with E-state index in [0.29, 0.717) is 0 Å². The molecule has 1 aromatic carbocycles. The standard InChI is InChI=1S/C8H6ClNO3S/c1-13-8-6(5-10)3-2-4-7(8)14(9,11)12/h2-4H,1H3. The summed E-state index contributed by atoms with van der Waals surface area (Å²) >= 11 is 0. The third kappa shape index (κ3) is 1.97. The predicted molar refractivity (Wildman–Crippen MR) is 50.7 cm³/mol. The van der Waals surface area contributed by atoms with E-state index in [-0.39, 0.29) is 16.2 Å². The number of nitriles is 1. The second-order valence-electron chi connectivity index (χ2n) is 2.39. The molecule has 1 aromatic rings. The number of hydrogen-bond donors (Lipinski definition) is 0. The van der Waals surface area contributed by atoms with Crippen LogP contribution < -0.4 is 4.74 Å². The van der Waals surface area contributed by atoms with Crippen LogP contribution in [-0.2, 0) is 9.05 Å². The Morgan fingerprint density at radius 2 is 2.14 bits per heavy atom. The van der Waals surface area contributed by atoms with Crippen LogP contribution in [0, 0.1) is 11.3 Å². The summed E-state index contributed by atoms with van der Waals surface area (Å²) in [4.78, 5) is -0.194. The second-order valence-corrected chi connectivity index (χ2v) is 4.92. The maximum Gasteiger partial charge on any atom is 0.265 e. The molecule has 14 heavy (non-hydrogen) atoms. The highest BCUT2D eigenvalue weighted by atomic mass is 35.7. The fourth-order valence-electron chi connectivity index (χ4n) is 1.01. The van der Waals surface area contributed by atoms with Gasteiger partial charge in [-0.3, -0.25) is 0 Å². The van der Waals surface area contributed by atoms with Gasteiger partial charge in [0.1, 0.15) is 11.0 Å². The summed E-state index contributed by atoms with van der Waals surface area (Å²) in [5.74, 6) is -0.0231. The van der Waals surface area contributed by atoms with Gasteiger partial charge in [-0.15, -0.1) is 0 Å². The Hall–Kier alpha value is -1.25. The van der Waals surface area contributed by atoms with Gasteiger partial charge in [0.2, 0.25) is 0 Å². The van der Waals surface area contributed by atoms with E-state index in [0.717, 1.165) is 0 Å². The van der Waals surface area contributed by atoms with E-state index in [1.54, 1.807) is 0 Å². The van der Waals surface area contributed by atoms with Gasteiger partial charge in [-0.2, -0.15) is 5.26 Å². The van der Waals surface area contributed by atoms with Gasteiger partial charge in [0, 0.05) is 10.7 Å². The first-order valence-corrected chi connectivity index (χ1v) is 5.83. The minimum Gasteiger partial charge on any atom is -0.494 e. The molecule has 0 N–H and O–H groups in total. The van der Waals surface area contributed by atoms with Gasteiger partial charge in [0.05, 0.1) is 12.7 Å². The molecular formula is C8H6ClNO3S. The maximum absolute atomic E-state index is 11.1. The Balaban J connectivity index is 3.55. The number of para-hydroxylation sites is 1. The van der Waals surface area contributed by atoms with Crippen molar-refractivity contribution in [2.75, 3.05) is 7.11 Å². The quantitative estimate of drug-likeness (QED) is 0.724. The SMILES string of the molecule is COc1c(C#N)cccc1S(=O)(=O)Cl. The molecule has 0 aliphatic carbocycles. The number of ether oxygens (including phenoxy) is 1. The minimum absolute atomic E-state index is 0.0231. The number of rotatable bonds is 2. The Bertz CT molecular complexity index is 490. The molecule has 0 bridgehead atoms. The first-order chi connectivity index (χ1) is 6.50.